The molecule has 1 aliphatic carbocycles. The summed E-state index contributed by atoms with van der Waals surface area (Å²) in [6, 6.07) is 0.562. The minimum absolute atomic E-state index is 0. The normalized spacial score (nSPS) is 21.5. The maximum Gasteiger partial charge on any atom is 2.00 e. The van der Waals surface area contributed by atoms with E-state index in [-0.39, 0.29) is 33.1 Å². The van der Waals surface area contributed by atoms with Crippen molar-refractivity contribution in [1.29, 1.82) is 0 Å². The van der Waals surface area contributed by atoms with Crippen LogP contribution in [-0.4, -0.2) is 22.3 Å². The van der Waals surface area contributed by atoms with Crippen LogP contribution < -0.4 is 11.5 Å². The molecule has 0 aliphatic heterocycles. The van der Waals surface area contributed by atoms with Gasteiger partial charge in [0.15, 0.2) is 0 Å². The zero-order chi connectivity index (χ0) is 13.1. The fraction of sp³-hybridized carbons (Fsp3) is 1.00. The van der Waals surface area contributed by atoms with Crippen molar-refractivity contribution in [2.24, 2.45) is 11.5 Å². The van der Waals surface area contributed by atoms with Gasteiger partial charge in [-0.3, -0.25) is 0 Å². The minimum atomic E-state index is -1.75. The molecule has 0 aromatic carbocycles. The van der Waals surface area contributed by atoms with Crippen molar-refractivity contribution in [3.63, 3.8) is 0 Å². The monoisotopic (exact) mass is 433 g/mol. The van der Waals surface area contributed by atoms with Crippen LogP contribution in [0.3, 0.4) is 0 Å². The molecule has 1 aliphatic rings. The smallest absolute Gasteiger partial charge is 0.356 e. The van der Waals surface area contributed by atoms with Crippen LogP contribution in [-0.2, 0) is 21.1 Å². The molecule has 0 radical (unpaired) electrons. The second kappa shape index (κ2) is 13.1. The molecule has 17 heavy (non-hydrogen) atoms. The average molecular weight is 433 g/mol. The van der Waals surface area contributed by atoms with E-state index < -0.39 is 10.2 Å². The molecule has 11 heteroatoms. The summed E-state index contributed by atoms with van der Waals surface area (Å²) in [6.45, 7) is 0. The Bertz CT molecular complexity index is 189. The van der Waals surface area contributed by atoms with Crippen molar-refractivity contribution in [2.45, 2.75) is 37.8 Å². The summed E-state index contributed by atoms with van der Waals surface area (Å²) in [5.41, 5.74) is 11.3. The Labute approximate surface area is 111 Å². The average Bonchev–Trinajstić information content (AvgIpc) is 2.08. The first-order valence-electron chi connectivity index (χ1n) is 4.41. The van der Waals surface area contributed by atoms with E-state index in [0.29, 0.717) is 0 Å². The zero-order valence-corrected chi connectivity index (χ0v) is 11.1. The van der Waals surface area contributed by atoms with Gasteiger partial charge in [-0.05, 0) is 12.8 Å². The topological polar surface area (TPSA) is 184 Å². The molecule has 0 amide bonds. The molecule has 1 rings (SSSR count). The third-order valence-corrected chi connectivity index (χ3v) is 1.87. The molecule has 2 atom stereocenters. The van der Waals surface area contributed by atoms with Gasteiger partial charge in [0.05, 0.1) is 10.2 Å². The Hall–Kier alpha value is -0.992. The largest absolute Gasteiger partial charge is 2.00 e. The number of nitrogens with zero attached hydrogens (tertiary/aromatic N) is 2. The van der Waals surface area contributed by atoms with E-state index in [1.165, 1.54) is 12.8 Å². The predicted molar refractivity (Wildman–Crippen MR) is 55.1 cm³/mol. The van der Waals surface area contributed by atoms with E-state index in [9.17, 15) is 0 Å². The van der Waals surface area contributed by atoms with E-state index >= 15 is 0 Å². The third kappa shape index (κ3) is 25.4. The Morgan fingerprint density at radius 3 is 1.12 bits per heavy atom. The van der Waals surface area contributed by atoms with Gasteiger partial charge in [-0.1, -0.05) is 12.8 Å². The predicted octanol–water partition coefficient (Wildman–Crippen LogP) is -0.266. The summed E-state index contributed by atoms with van der Waals surface area (Å²) in [5, 5.41) is 29.5. The van der Waals surface area contributed by atoms with Crippen LogP contribution in [0.4, 0.5) is 0 Å². The van der Waals surface area contributed by atoms with Crippen LogP contribution in [0, 0.1) is 30.6 Å². The van der Waals surface area contributed by atoms with Crippen molar-refractivity contribution in [1.82, 2.24) is 0 Å². The standard InChI is InChI=1S/C6H14N2.2NO3.Pt/c7-5-3-1-2-4-6(5)8;2*2-1(3)4;/h5-6H,1-4,7-8H2;;;/q;2*-1;+2. The van der Waals surface area contributed by atoms with E-state index in [2.05, 4.69) is 0 Å². The first-order chi connectivity index (χ1) is 7.27. The molecule has 0 bridgehead atoms. The molecular formula is C6H14N4O6Pt. The van der Waals surface area contributed by atoms with E-state index in [0.717, 1.165) is 12.8 Å². The van der Waals surface area contributed by atoms with Crippen LogP contribution in [0.5, 0.6) is 0 Å². The molecule has 0 aromatic rings. The molecule has 0 spiro atoms. The van der Waals surface area contributed by atoms with Crippen molar-refractivity contribution in [3.05, 3.63) is 30.6 Å². The fourth-order valence-corrected chi connectivity index (χ4v) is 1.19. The van der Waals surface area contributed by atoms with E-state index in [4.69, 9.17) is 42.1 Å². The van der Waals surface area contributed by atoms with Crippen molar-refractivity contribution in [2.75, 3.05) is 0 Å². The van der Waals surface area contributed by atoms with Crippen LogP contribution in [0.25, 0.3) is 0 Å². The fourth-order valence-electron chi connectivity index (χ4n) is 1.19. The molecule has 0 aromatic heterocycles. The van der Waals surface area contributed by atoms with Gasteiger partial charge < -0.3 is 42.1 Å². The zero-order valence-electron chi connectivity index (χ0n) is 8.80. The molecule has 1 saturated carbocycles. The Morgan fingerprint density at radius 2 is 1.00 bits per heavy atom. The quantitative estimate of drug-likeness (QED) is 0.386. The van der Waals surface area contributed by atoms with Crippen molar-refractivity contribution < 1.29 is 31.2 Å². The van der Waals surface area contributed by atoms with Gasteiger partial charge in [0.2, 0.25) is 0 Å². The summed E-state index contributed by atoms with van der Waals surface area (Å²) in [7, 11) is 0. The molecule has 1 fully saturated rings. The minimum Gasteiger partial charge on any atom is -0.356 e. The SMILES string of the molecule is NC1CCCCC1N.O=[N+]([O-])[O-].O=[N+]([O-])[O-].[Pt+2]. The molecule has 0 saturated heterocycles. The molecule has 104 valence electrons. The second-order valence-electron chi connectivity index (χ2n) is 3.06. The Morgan fingerprint density at radius 1 is 0.824 bits per heavy atom. The third-order valence-electron chi connectivity index (χ3n) is 1.87. The Kier molecular flexibility index (Phi) is 16.4. The number of hydrogen-bond acceptors (Lipinski definition) is 8. The molecule has 4 N–H and O–H groups in total. The van der Waals surface area contributed by atoms with Crippen LogP contribution in [0.1, 0.15) is 25.7 Å². The Balaban J connectivity index is -0.000000189. The molecule has 10 nitrogen and oxygen atoms in total. The van der Waals surface area contributed by atoms with Crippen LogP contribution in [0.15, 0.2) is 0 Å². The molecule has 0 heterocycles. The van der Waals surface area contributed by atoms with Gasteiger partial charge in [0.25, 0.3) is 0 Å². The van der Waals surface area contributed by atoms with E-state index in [1.807, 2.05) is 0 Å². The van der Waals surface area contributed by atoms with Crippen LogP contribution in [0.2, 0.25) is 0 Å². The summed E-state index contributed by atoms with van der Waals surface area (Å²) in [4.78, 5) is 16.5. The maximum atomic E-state index is 8.25. The van der Waals surface area contributed by atoms with Gasteiger partial charge in [-0.15, -0.1) is 0 Å². The van der Waals surface area contributed by atoms with E-state index in [1.54, 1.807) is 0 Å². The van der Waals surface area contributed by atoms with Gasteiger partial charge in [0.1, 0.15) is 0 Å². The van der Waals surface area contributed by atoms with Crippen molar-refractivity contribution in [3.8, 4) is 0 Å². The number of nitrogens with two attached hydrogens (primary N) is 2. The second-order valence-corrected chi connectivity index (χ2v) is 3.06. The number of rotatable bonds is 0. The van der Waals surface area contributed by atoms with Crippen molar-refractivity contribution >= 4 is 0 Å². The summed E-state index contributed by atoms with van der Waals surface area (Å²) >= 11 is 0. The van der Waals surface area contributed by atoms with Gasteiger partial charge in [-0.25, -0.2) is 0 Å². The van der Waals surface area contributed by atoms with Gasteiger partial charge in [-0.2, -0.15) is 0 Å². The van der Waals surface area contributed by atoms with Gasteiger partial charge in [0, 0.05) is 12.1 Å². The number of hydrogen-bond donors (Lipinski definition) is 2. The molecule has 2 unspecified atom stereocenters. The maximum absolute atomic E-state index is 8.25. The first-order valence-corrected chi connectivity index (χ1v) is 4.41. The first kappa shape index (κ1) is 21.3. The summed E-state index contributed by atoms with van der Waals surface area (Å²) in [5.74, 6) is 0. The summed E-state index contributed by atoms with van der Waals surface area (Å²) < 4.78 is 0. The summed E-state index contributed by atoms with van der Waals surface area (Å²) in [6.07, 6.45) is 4.80. The van der Waals surface area contributed by atoms with Gasteiger partial charge >= 0.3 is 21.1 Å². The molecular weight excluding hydrogens is 419 g/mol. The van der Waals surface area contributed by atoms with Crippen LogP contribution >= 0.6 is 0 Å².